The van der Waals surface area contributed by atoms with Crippen molar-refractivity contribution in [2.75, 3.05) is 10.5 Å². The number of nitrogens with one attached hydrogen (secondary N) is 1. The Morgan fingerprint density at radius 2 is 1.73 bits per heavy atom. The number of hydrogen-bond acceptors (Lipinski definition) is 5. The molecule has 0 radical (unpaired) electrons. The van der Waals surface area contributed by atoms with Crippen LogP contribution in [0.2, 0.25) is 5.02 Å². The van der Waals surface area contributed by atoms with E-state index in [2.05, 4.69) is 14.9 Å². The highest BCUT2D eigenvalue weighted by Crippen LogP contribution is 2.37. The molecule has 10 heteroatoms. The van der Waals surface area contributed by atoms with Crippen molar-refractivity contribution in [2.45, 2.75) is 26.4 Å². The molecule has 0 fully saturated rings. The molecular formula is C23H22ClF3N4S2. The molecule has 0 unspecified atom stereocenters. The minimum Gasteiger partial charge on any atom is -0.298 e. The lowest BCUT2D eigenvalue weighted by Crippen LogP contribution is -2.12. The Labute approximate surface area is 204 Å². The summed E-state index contributed by atoms with van der Waals surface area (Å²) in [6, 6.07) is 16.6. The van der Waals surface area contributed by atoms with E-state index in [-0.39, 0.29) is 11.6 Å². The van der Waals surface area contributed by atoms with Gasteiger partial charge in [0.05, 0.1) is 16.1 Å². The fraction of sp³-hybridized carbons (Fsp3) is 0.217. The molecule has 2 aromatic carbocycles. The van der Waals surface area contributed by atoms with Crippen molar-refractivity contribution in [3.8, 4) is 16.4 Å². The number of aromatic nitrogens is 3. The Morgan fingerprint density at radius 1 is 1.00 bits per heavy atom. The third-order valence-electron chi connectivity index (χ3n) is 4.42. The van der Waals surface area contributed by atoms with E-state index >= 15 is 0 Å². The molecular weight excluding hydrogens is 489 g/mol. The average molecular weight is 511 g/mol. The van der Waals surface area contributed by atoms with E-state index < -0.39 is 11.7 Å². The molecule has 4 aromatic rings. The number of para-hydroxylation sites is 1. The van der Waals surface area contributed by atoms with E-state index in [1.54, 1.807) is 12.1 Å². The Bertz CT molecular complexity index is 1140. The second-order valence-electron chi connectivity index (χ2n) is 6.50. The normalized spacial score (nSPS) is 11.1. The molecule has 0 bridgehead atoms. The van der Waals surface area contributed by atoms with Crippen LogP contribution in [-0.2, 0) is 12.6 Å². The molecule has 2 heterocycles. The van der Waals surface area contributed by atoms with Crippen molar-refractivity contribution in [1.29, 1.82) is 0 Å². The zero-order chi connectivity index (χ0) is 23.8. The molecule has 4 rings (SSSR count). The van der Waals surface area contributed by atoms with Crippen LogP contribution in [0.25, 0.3) is 16.4 Å². The van der Waals surface area contributed by atoms with Crippen molar-refractivity contribution < 1.29 is 13.2 Å². The molecule has 0 spiro atoms. The lowest BCUT2D eigenvalue weighted by atomic mass is 10.1. The maximum absolute atomic E-state index is 13.7. The minimum absolute atomic E-state index is 0.0239. The second-order valence-corrected chi connectivity index (χ2v) is 8.79. The van der Waals surface area contributed by atoms with E-state index in [1.165, 1.54) is 40.0 Å². The second kappa shape index (κ2) is 11.6. The highest BCUT2D eigenvalue weighted by Gasteiger charge is 2.35. The van der Waals surface area contributed by atoms with Crippen LogP contribution in [0.4, 0.5) is 19.1 Å². The summed E-state index contributed by atoms with van der Waals surface area (Å²) < 4.78 is 45.5. The zero-order valence-corrected chi connectivity index (χ0v) is 20.3. The molecule has 0 atom stereocenters. The maximum Gasteiger partial charge on any atom is 0.418 e. The number of hydrogen-bond donors (Lipinski definition) is 1. The van der Waals surface area contributed by atoms with Crippen LogP contribution in [0.15, 0.2) is 66.0 Å². The van der Waals surface area contributed by atoms with Crippen LogP contribution in [0.1, 0.15) is 25.0 Å². The number of rotatable bonds is 7. The highest BCUT2D eigenvalue weighted by molar-refractivity contribution is 8.00. The predicted molar refractivity (Wildman–Crippen MR) is 132 cm³/mol. The molecule has 2 aromatic heterocycles. The SMILES string of the molecule is CC.FC(F)(F)c1ccccc1-n1c(NSCCc2ccc(Cl)cc2)nnc1-c1cccs1. The van der Waals surface area contributed by atoms with Crippen LogP contribution in [-0.4, -0.2) is 20.5 Å². The molecule has 4 nitrogen and oxygen atoms in total. The van der Waals surface area contributed by atoms with Gasteiger partial charge in [0.25, 0.3) is 0 Å². The van der Waals surface area contributed by atoms with Gasteiger partial charge in [-0.3, -0.25) is 9.29 Å². The molecule has 0 saturated heterocycles. The number of benzene rings is 2. The van der Waals surface area contributed by atoms with Crippen LogP contribution in [0.3, 0.4) is 0 Å². The van der Waals surface area contributed by atoms with Gasteiger partial charge < -0.3 is 0 Å². The number of nitrogens with zero attached hydrogens (tertiary/aromatic N) is 3. The van der Waals surface area contributed by atoms with E-state index in [1.807, 2.05) is 49.6 Å². The first kappa shape index (κ1) is 25.1. The summed E-state index contributed by atoms with van der Waals surface area (Å²) in [5, 5.41) is 10.8. The summed E-state index contributed by atoms with van der Waals surface area (Å²) >= 11 is 8.65. The van der Waals surface area contributed by atoms with Crippen LogP contribution in [0.5, 0.6) is 0 Å². The summed E-state index contributed by atoms with van der Waals surface area (Å²) in [6.07, 6.45) is -3.74. The van der Waals surface area contributed by atoms with Crippen LogP contribution < -0.4 is 4.72 Å². The van der Waals surface area contributed by atoms with Crippen molar-refractivity contribution in [1.82, 2.24) is 14.8 Å². The Morgan fingerprint density at radius 3 is 2.39 bits per heavy atom. The van der Waals surface area contributed by atoms with E-state index in [9.17, 15) is 13.2 Å². The van der Waals surface area contributed by atoms with Gasteiger partial charge in [-0.2, -0.15) is 13.2 Å². The zero-order valence-electron chi connectivity index (χ0n) is 17.9. The summed E-state index contributed by atoms with van der Waals surface area (Å²) in [4.78, 5) is 0.726. The molecule has 0 amide bonds. The van der Waals surface area contributed by atoms with Crippen molar-refractivity contribution in [3.63, 3.8) is 0 Å². The summed E-state index contributed by atoms with van der Waals surface area (Å²) in [7, 11) is 0. The van der Waals surface area contributed by atoms with Gasteiger partial charge in [0.15, 0.2) is 5.82 Å². The summed E-state index contributed by atoms with van der Waals surface area (Å²) in [5.41, 5.74) is 0.341. The Kier molecular flexibility index (Phi) is 8.82. The summed E-state index contributed by atoms with van der Waals surface area (Å²) in [6.45, 7) is 4.00. The molecule has 0 aliphatic heterocycles. The quantitative estimate of drug-likeness (QED) is 0.202. The van der Waals surface area contributed by atoms with E-state index in [0.717, 1.165) is 22.9 Å². The lowest BCUT2D eigenvalue weighted by molar-refractivity contribution is -0.137. The van der Waals surface area contributed by atoms with Gasteiger partial charge >= 0.3 is 6.18 Å². The molecule has 1 N–H and O–H groups in total. The van der Waals surface area contributed by atoms with Gasteiger partial charge in [0.2, 0.25) is 5.95 Å². The number of aryl methyl sites for hydroxylation is 1. The van der Waals surface area contributed by atoms with Crippen LogP contribution in [0, 0.1) is 0 Å². The predicted octanol–water partition coefficient (Wildman–Crippen LogP) is 8.00. The average Bonchev–Trinajstić information content (AvgIpc) is 3.49. The monoisotopic (exact) mass is 510 g/mol. The number of thiophene rings is 1. The Hall–Kier alpha value is -2.49. The first-order valence-corrected chi connectivity index (χ1v) is 12.5. The fourth-order valence-corrected chi connectivity index (χ4v) is 4.51. The maximum atomic E-state index is 13.7. The Balaban J connectivity index is 0.00000149. The highest BCUT2D eigenvalue weighted by atomic mass is 35.5. The molecule has 174 valence electrons. The first-order valence-electron chi connectivity index (χ1n) is 10.2. The largest absolute Gasteiger partial charge is 0.418 e. The molecule has 0 saturated carbocycles. The summed E-state index contributed by atoms with van der Waals surface area (Å²) in [5.74, 6) is 1.28. The smallest absolute Gasteiger partial charge is 0.298 e. The van der Waals surface area contributed by atoms with Gasteiger partial charge in [-0.15, -0.1) is 21.5 Å². The minimum atomic E-state index is -4.51. The van der Waals surface area contributed by atoms with Gasteiger partial charge in [-0.25, -0.2) is 0 Å². The number of anilines is 1. The molecule has 33 heavy (non-hydrogen) atoms. The van der Waals surface area contributed by atoms with Crippen molar-refractivity contribution in [2.24, 2.45) is 0 Å². The third kappa shape index (κ3) is 6.31. The third-order valence-corrected chi connectivity index (χ3v) is 6.28. The molecule has 0 aliphatic carbocycles. The van der Waals surface area contributed by atoms with Gasteiger partial charge in [0.1, 0.15) is 0 Å². The fourth-order valence-electron chi connectivity index (χ4n) is 2.99. The van der Waals surface area contributed by atoms with Gasteiger partial charge in [-0.1, -0.05) is 55.8 Å². The topological polar surface area (TPSA) is 42.7 Å². The van der Waals surface area contributed by atoms with E-state index in [4.69, 9.17) is 11.6 Å². The standard InChI is InChI=1S/C21H16ClF3N4S2.C2H6/c22-15-9-7-14(8-10-15)11-13-31-28-20-27-26-19(18-6-3-12-30-18)29(20)17-5-2-1-4-16(17)21(23,24)25;1-2/h1-10,12H,11,13H2,(H,27,28);1-2H3. The number of halogens is 4. The van der Waals surface area contributed by atoms with Gasteiger partial charge in [0, 0.05) is 10.8 Å². The van der Waals surface area contributed by atoms with Crippen LogP contribution >= 0.6 is 34.9 Å². The molecule has 0 aliphatic rings. The van der Waals surface area contributed by atoms with Gasteiger partial charge in [-0.05, 0) is 59.6 Å². The van der Waals surface area contributed by atoms with E-state index in [0.29, 0.717) is 16.6 Å². The lowest BCUT2D eigenvalue weighted by Gasteiger charge is -2.16. The van der Waals surface area contributed by atoms with Crippen molar-refractivity contribution >= 4 is 40.8 Å². The number of alkyl halides is 3. The first-order chi connectivity index (χ1) is 15.9. The van der Waals surface area contributed by atoms with Crippen molar-refractivity contribution in [3.05, 3.63) is 82.2 Å².